The van der Waals surface area contributed by atoms with E-state index >= 15 is 0 Å². The van der Waals surface area contributed by atoms with Gasteiger partial charge in [0, 0.05) is 20.5 Å². The number of unbranched alkanes of at least 4 members (excludes halogenated alkanes) is 2. The first kappa shape index (κ1) is 21.5. The molecule has 0 aliphatic heterocycles. The molecule has 0 unspecified atom stereocenters. The molecule has 0 N–H and O–H groups in total. The Hall–Kier alpha value is -2.23. The van der Waals surface area contributed by atoms with Crippen LogP contribution < -0.4 is 0 Å². The summed E-state index contributed by atoms with van der Waals surface area (Å²) in [6, 6.07) is 12.4. The maximum absolute atomic E-state index is 13.4. The molecular formula is C20H25N3O4S2. The number of sulfonamides is 1. The molecule has 0 saturated heterocycles. The molecule has 0 fully saturated rings. The van der Waals surface area contributed by atoms with Crippen LogP contribution in [0, 0.1) is 0 Å². The Kier molecular flexibility index (Phi) is 6.11. The van der Waals surface area contributed by atoms with Gasteiger partial charge in [0.15, 0.2) is 0 Å². The van der Waals surface area contributed by atoms with E-state index in [4.69, 9.17) is 0 Å². The second-order valence-corrected chi connectivity index (χ2v) is 10.9. The standard InChI is InChI=1S/C20H25N3O4S2/c1-4-5-6-11-20-21-18-9-7-8-10-19(18)23(20)29(26,27)17-14-12-16(13-15-17)28(24,25)22(2)3/h7-10,12-15H,4-6,11H2,1-3H3. The van der Waals surface area contributed by atoms with Gasteiger partial charge in [-0.1, -0.05) is 31.9 Å². The predicted octanol–water partition coefficient (Wildman–Crippen LogP) is 3.26. The van der Waals surface area contributed by atoms with Crippen molar-refractivity contribution in [3.63, 3.8) is 0 Å². The van der Waals surface area contributed by atoms with E-state index in [2.05, 4.69) is 11.9 Å². The number of nitrogens with zero attached hydrogens (tertiary/aromatic N) is 3. The van der Waals surface area contributed by atoms with Crippen molar-refractivity contribution in [2.75, 3.05) is 14.1 Å². The Morgan fingerprint density at radius 3 is 2.14 bits per heavy atom. The number of benzene rings is 2. The van der Waals surface area contributed by atoms with Gasteiger partial charge in [-0.15, -0.1) is 0 Å². The number of fused-ring (bicyclic) bond motifs is 1. The van der Waals surface area contributed by atoms with Gasteiger partial charge >= 0.3 is 0 Å². The van der Waals surface area contributed by atoms with Crippen LogP contribution in [0.5, 0.6) is 0 Å². The lowest BCUT2D eigenvalue weighted by Crippen LogP contribution is -2.22. The quantitative estimate of drug-likeness (QED) is 0.507. The zero-order valence-electron chi connectivity index (χ0n) is 16.7. The van der Waals surface area contributed by atoms with Crippen molar-refractivity contribution < 1.29 is 16.8 Å². The van der Waals surface area contributed by atoms with Gasteiger partial charge in [-0.2, -0.15) is 0 Å². The third kappa shape index (κ3) is 4.08. The van der Waals surface area contributed by atoms with Crippen LogP contribution in [0.25, 0.3) is 11.0 Å². The lowest BCUT2D eigenvalue weighted by Gasteiger charge is -2.13. The van der Waals surface area contributed by atoms with Gasteiger partial charge in [-0.05, 0) is 42.8 Å². The minimum atomic E-state index is -3.93. The molecule has 9 heteroatoms. The molecule has 0 bridgehead atoms. The van der Waals surface area contributed by atoms with E-state index < -0.39 is 20.0 Å². The average molecular weight is 436 g/mol. The van der Waals surface area contributed by atoms with E-state index in [0.717, 1.165) is 23.6 Å². The normalized spacial score (nSPS) is 12.7. The van der Waals surface area contributed by atoms with Crippen molar-refractivity contribution in [3.05, 3.63) is 54.4 Å². The van der Waals surface area contributed by atoms with Gasteiger partial charge in [-0.3, -0.25) is 0 Å². The van der Waals surface area contributed by atoms with Crippen LogP contribution in [0.15, 0.2) is 58.3 Å². The minimum absolute atomic E-state index is 0.0232. The second-order valence-electron chi connectivity index (χ2n) is 7.00. The third-order valence-electron chi connectivity index (χ3n) is 4.73. The van der Waals surface area contributed by atoms with Gasteiger partial charge in [0.05, 0.1) is 20.8 Å². The zero-order valence-corrected chi connectivity index (χ0v) is 18.4. The smallest absolute Gasteiger partial charge is 0.232 e. The SMILES string of the molecule is CCCCCc1nc2ccccc2n1S(=O)(=O)c1ccc(S(=O)(=O)N(C)C)cc1. The Morgan fingerprint density at radius 1 is 0.897 bits per heavy atom. The summed E-state index contributed by atoms with van der Waals surface area (Å²) in [5.41, 5.74) is 1.14. The molecule has 3 rings (SSSR count). The lowest BCUT2D eigenvalue weighted by molar-refractivity contribution is 0.520. The Bertz CT molecular complexity index is 1210. The summed E-state index contributed by atoms with van der Waals surface area (Å²) < 4.78 is 53.7. The number of aryl methyl sites for hydroxylation is 1. The van der Waals surface area contributed by atoms with Crippen LogP contribution in [-0.2, 0) is 26.5 Å². The molecule has 0 spiro atoms. The maximum atomic E-state index is 13.4. The summed E-state index contributed by atoms with van der Waals surface area (Å²) in [6.07, 6.45) is 3.40. The largest absolute Gasteiger partial charge is 0.269 e. The van der Waals surface area contributed by atoms with Crippen LogP contribution in [0.4, 0.5) is 0 Å². The van der Waals surface area contributed by atoms with Crippen molar-refractivity contribution >= 4 is 31.1 Å². The fraction of sp³-hybridized carbons (Fsp3) is 0.350. The Morgan fingerprint density at radius 2 is 1.52 bits per heavy atom. The molecule has 3 aromatic rings. The summed E-state index contributed by atoms with van der Waals surface area (Å²) in [7, 11) is -4.70. The highest BCUT2D eigenvalue weighted by Gasteiger charge is 2.25. The van der Waals surface area contributed by atoms with E-state index in [-0.39, 0.29) is 9.79 Å². The highest BCUT2D eigenvalue weighted by molar-refractivity contribution is 7.90. The number of imidazole rings is 1. The summed E-state index contributed by atoms with van der Waals surface area (Å²) in [4.78, 5) is 4.60. The molecule has 29 heavy (non-hydrogen) atoms. The fourth-order valence-electron chi connectivity index (χ4n) is 3.11. The summed E-state index contributed by atoms with van der Waals surface area (Å²) in [6.45, 7) is 2.09. The molecule has 0 amide bonds. The average Bonchev–Trinajstić information content (AvgIpc) is 3.07. The van der Waals surface area contributed by atoms with E-state index in [1.54, 1.807) is 18.2 Å². The first-order chi connectivity index (χ1) is 13.7. The van der Waals surface area contributed by atoms with Crippen LogP contribution >= 0.6 is 0 Å². The number of aromatic nitrogens is 2. The molecule has 0 aliphatic rings. The Labute approximate surface area is 172 Å². The van der Waals surface area contributed by atoms with Gasteiger partial charge in [0.2, 0.25) is 10.0 Å². The van der Waals surface area contributed by atoms with Crippen LogP contribution in [-0.4, -0.2) is 44.2 Å². The molecule has 0 radical (unpaired) electrons. The number of para-hydroxylation sites is 2. The van der Waals surface area contributed by atoms with Gasteiger partial charge < -0.3 is 0 Å². The monoisotopic (exact) mass is 435 g/mol. The van der Waals surface area contributed by atoms with E-state index in [1.807, 2.05) is 6.07 Å². The maximum Gasteiger partial charge on any atom is 0.269 e. The molecule has 0 atom stereocenters. The number of hydrogen-bond acceptors (Lipinski definition) is 5. The van der Waals surface area contributed by atoms with E-state index in [0.29, 0.717) is 23.3 Å². The van der Waals surface area contributed by atoms with Crippen molar-refractivity contribution in [2.24, 2.45) is 0 Å². The first-order valence-corrected chi connectivity index (χ1v) is 12.3. The fourth-order valence-corrected chi connectivity index (χ4v) is 5.53. The molecule has 0 aliphatic carbocycles. The van der Waals surface area contributed by atoms with Gasteiger partial charge in [-0.25, -0.2) is 30.1 Å². The van der Waals surface area contributed by atoms with Gasteiger partial charge in [0.1, 0.15) is 5.82 Å². The molecule has 2 aromatic carbocycles. The molecule has 7 nitrogen and oxygen atoms in total. The summed E-state index contributed by atoms with van der Waals surface area (Å²) in [5, 5.41) is 0. The van der Waals surface area contributed by atoms with Crippen molar-refractivity contribution in [3.8, 4) is 0 Å². The van der Waals surface area contributed by atoms with Gasteiger partial charge in [0.25, 0.3) is 10.0 Å². The summed E-state index contributed by atoms with van der Waals surface area (Å²) >= 11 is 0. The van der Waals surface area contributed by atoms with Crippen LogP contribution in [0.2, 0.25) is 0 Å². The minimum Gasteiger partial charge on any atom is -0.232 e. The van der Waals surface area contributed by atoms with E-state index in [1.165, 1.54) is 42.3 Å². The molecule has 0 saturated carbocycles. The second kappa shape index (κ2) is 8.25. The first-order valence-electron chi connectivity index (χ1n) is 9.44. The Balaban J connectivity index is 2.09. The molecule has 156 valence electrons. The van der Waals surface area contributed by atoms with Crippen molar-refractivity contribution in [1.29, 1.82) is 0 Å². The highest BCUT2D eigenvalue weighted by Crippen LogP contribution is 2.25. The van der Waals surface area contributed by atoms with Crippen LogP contribution in [0.1, 0.15) is 32.0 Å². The zero-order chi connectivity index (χ0) is 21.2. The molecular weight excluding hydrogens is 410 g/mol. The summed E-state index contributed by atoms with van der Waals surface area (Å²) in [5.74, 6) is 0.490. The number of rotatable bonds is 8. The van der Waals surface area contributed by atoms with E-state index in [9.17, 15) is 16.8 Å². The molecule has 1 heterocycles. The lowest BCUT2D eigenvalue weighted by atomic mass is 10.2. The predicted molar refractivity (Wildman–Crippen MR) is 113 cm³/mol. The van der Waals surface area contributed by atoms with Crippen molar-refractivity contribution in [2.45, 2.75) is 42.4 Å². The topological polar surface area (TPSA) is 89.3 Å². The van der Waals surface area contributed by atoms with Crippen molar-refractivity contribution in [1.82, 2.24) is 13.3 Å². The van der Waals surface area contributed by atoms with Crippen LogP contribution in [0.3, 0.4) is 0 Å². The highest BCUT2D eigenvalue weighted by atomic mass is 32.2. The third-order valence-corrected chi connectivity index (χ3v) is 8.31. The number of hydrogen-bond donors (Lipinski definition) is 0. The molecule has 1 aromatic heterocycles.